The lowest BCUT2D eigenvalue weighted by Crippen LogP contribution is -2.05. The van der Waals surface area contributed by atoms with Crippen LogP contribution in [0, 0.1) is 11.8 Å². The third-order valence-corrected chi connectivity index (χ3v) is 3.23. The summed E-state index contributed by atoms with van der Waals surface area (Å²) in [4.78, 5) is 10.9. The highest BCUT2D eigenvalue weighted by Crippen LogP contribution is 2.22. The Morgan fingerprint density at radius 3 is 2.57 bits per heavy atom. The van der Waals surface area contributed by atoms with Gasteiger partial charge in [-0.2, -0.15) is 0 Å². The van der Waals surface area contributed by atoms with Gasteiger partial charge in [-0.05, 0) is 43.5 Å². The molecular weight excluding hydrogens is 288 g/mol. The predicted octanol–water partition coefficient (Wildman–Crippen LogP) is 4.56. The topological polar surface area (TPSA) is 46.5 Å². The number of carboxylic acid groups (broad SMARTS) is 1. The van der Waals surface area contributed by atoms with Crippen molar-refractivity contribution in [3.63, 3.8) is 0 Å². The fraction of sp³-hybridized carbons (Fsp3) is 0.350. The Labute approximate surface area is 138 Å². The van der Waals surface area contributed by atoms with Crippen molar-refractivity contribution in [2.45, 2.75) is 39.5 Å². The number of carboxylic acids is 1. The number of ether oxygens (including phenoxy) is 1. The van der Waals surface area contributed by atoms with Crippen molar-refractivity contribution < 1.29 is 14.6 Å². The number of hydrogen-bond acceptors (Lipinski definition) is 2. The first kappa shape index (κ1) is 18.6. The maximum atomic E-state index is 10.9. The van der Waals surface area contributed by atoms with Crippen LogP contribution < -0.4 is 4.74 Å². The van der Waals surface area contributed by atoms with Crippen molar-refractivity contribution >= 4 is 5.97 Å². The van der Waals surface area contributed by atoms with E-state index in [2.05, 4.69) is 24.8 Å². The van der Waals surface area contributed by atoms with Gasteiger partial charge in [0.2, 0.25) is 0 Å². The standard InChI is InChI=1S/C20H24O3/c1-4-7-16(8-5-2)15-23-19-12-10-17(11-13-19)18(9-6-3)14-20(21)22/h4,7-8,10-13,18H,5,14-15H2,1-3H3,(H,21,22)/b7-4-,16-8+. The van der Waals surface area contributed by atoms with Crippen LogP contribution in [0.1, 0.15) is 45.1 Å². The van der Waals surface area contributed by atoms with Gasteiger partial charge in [-0.3, -0.25) is 4.79 Å². The Bertz CT molecular complexity index is 613. The van der Waals surface area contributed by atoms with E-state index in [1.165, 1.54) is 0 Å². The second-order valence-corrected chi connectivity index (χ2v) is 5.09. The fourth-order valence-corrected chi connectivity index (χ4v) is 2.22. The van der Waals surface area contributed by atoms with Crippen molar-refractivity contribution in [1.29, 1.82) is 0 Å². The predicted molar refractivity (Wildman–Crippen MR) is 93.6 cm³/mol. The maximum absolute atomic E-state index is 10.9. The molecule has 1 rings (SSSR count). The van der Waals surface area contributed by atoms with Gasteiger partial charge in [-0.25, -0.2) is 0 Å². The molecule has 1 unspecified atom stereocenters. The third-order valence-electron chi connectivity index (χ3n) is 3.23. The summed E-state index contributed by atoms with van der Waals surface area (Å²) in [5.74, 6) is 5.37. The van der Waals surface area contributed by atoms with E-state index in [9.17, 15) is 4.79 Å². The molecule has 3 heteroatoms. The molecule has 122 valence electrons. The van der Waals surface area contributed by atoms with Crippen molar-refractivity contribution in [3.8, 4) is 17.6 Å². The van der Waals surface area contributed by atoms with Crippen LogP contribution >= 0.6 is 0 Å². The summed E-state index contributed by atoms with van der Waals surface area (Å²) in [5, 5.41) is 8.97. The number of aliphatic carboxylic acids is 1. The monoisotopic (exact) mass is 312 g/mol. The number of benzene rings is 1. The van der Waals surface area contributed by atoms with Gasteiger partial charge in [0.1, 0.15) is 12.4 Å². The SMILES string of the molecule is CC#CC(CC(=O)O)c1ccc(OCC(/C=C\C)=C/CC)cc1. The average Bonchev–Trinajstić information content (AvgIpc) is 2.53. The molecule has 0 spiro atoms. The first-order valence-electron chi connectivity index (χ1n) is 7.79. The quantitative estimate of drug-likeness (QED) is 0.565. The molecule has 0 heterocycles. The average molecular weight is 312 g/mol. The largest absolute Gasteiger partial charge is 0.489 e. The van der Waals surface area contributed by atoms with Gasteiger partial charge in [0.05, 0.1) is 12.3 Å². The van der Waals surface area contributed by atoms with Gasteiger partial charge >= 0.3 is 5.97 Å². The minimum absolute atomic E-state index is 0.00568. The van der Waals surface area contributed by atoms with Crippen molar-refractivity contribution in [2.24, 2.45) is 0 Å². The summed E-state index contributed by atoms with van der Waals surface area (Å²) in [6.45, 7) is 6.31. The van der Waals surface area contributed by atoms with Gasteiger partial charge in [0.15, 0.2) is 0 Å². The maximum Gasteiger partial charge on any atom is 0.304 e. The molecule has 0 saturated heterocycles. The van der Waals surface area contributed by atoms with Crippen molar-refractivity contribution in [1.82, 2.24) is 0 Å². The zero-order valence-electron chi connectivity index (χ0n) is 14.0. The molecule has 0 bridgehead atoms. The van der Waals surface area contributed by atoms with Gasteiger partial charge in [0.25, 0.3) is 0 Å². The molecule has 0 aromatic heterocycles. The minimum atomic E-state index is -0.848. The van der Waals surface area contributed by atoms with E-state index < -0.39 is 5.97 Å². The highest BCUT2D eigenvalue weighted by Gasteiger charge is 2.13. The molecule has 1 atom stereocenters. The van der Waals surface area contributed by atoms with Crippen LogP contribution in [0.15, 0.2) is 48.1 Å². The Kier molecular flexibility index (Phi) is 8.31. The molecule has 0 fully saturated rings. The van der Waals surface area contributed by atoms with E-state index in [-0.39, 0.29) is 12.3 Å². The van der Waals surface area contributed by atoms with Gasteiger partial charge in [0, 0.05) is 0 Å². The second-order valence-electron chi connectivity index (χ2n) is 5.09. The summed E-state index contributed by atoms with van der Waals surface area (Å²) < 4.78 is 5.78. The van der Waals surface area contributed by atoms with Crippen LogP contribution in [0.2, 0.25) is 0 Å². The third kappa shape index (κ3) is 6.88. The lowest BCUT2D eigenvalue weighted by atomic mass is 9.96. The number of rotatable bonds is 8. The molecule has 0 radical (unpaired) electrons. The van der Waals surface area contributed by atoms with Crippen LogP contribution in [-0.4, -0.2) is 17.7 Å². The van der Waals surface area contributed by atoms with Crippen LogP contribution in [0.5, 0.6) is 5.75 Å². The lowest BCUT2D eigenvalue weighted by molar-refractivity contribution is -0.137. The smallest absolute Gasteiger partial charge is 0.304 e. The Balaban J connectivity index is 2.76. The first-order chi connectivity index (χ1) is 11.1. The Morgan fingerprint density at radius 2 is 2.04 bits per heavy atom. The zero-order chi connectivity index (χ0) is 17.1. The summed E-state index contributed by atoms with van der Waals surface area (Å²) in [7, 11) is 0. The number of hydrogen-bond donors (Lipinski definition) is 1. The molecule has 1 aromatic carbocycles. The summed E-state index contributed by atoms with van der Waals surface area (Å²) in [6, 6.07) is 7.49. The lowest BCUT2D eigenvalue weighted by Gasteiger charge is -2.11. The van der Waals surface area contributed by atoms with Crippen LogP contribution in [-0.2, 0) is 4.79 Å². The van der Waals surface area contributed by atoms with Crippen molar-refractivity contribution in [3.05, 3.63) is 53.6 Å². The normalized spacial score (nSPS) is 12.6. The highest BCUT2D eigenvalue weighted by molar-refractivity contribution is 5.69. The fourth-order valence-electron chi connectivity index (χ4n) is 2.22. The van der Waals surface area contributed by atoms with Crippen molar-refractivity contribution in [2.75, 3.05) is 6.61 Å². The molecule has 0 amide bonds. The minimum Gasteiger partial charge on any atom is -0.489 e. The zero-order valence-corrected chi connectivity index (χ0v) is 14.0. The molecule has 3 nitrogen and oxygen atoms in total. The molecule has 0 aliphatic rings. The highest BCUT2D eigenvalue weighted by atomic mass is 16.5. The van der Waals surface area contributed by atoms with Gasteiger partial charge in [-0.1, -0.05) is 43.2 Å². The van der Waals surface area contributed by atoms with E-state index >= 15 is 0 Å². The van der Waals surface area contributed by atoms with Gasteiger partial charge in [-0.15, -0.1) is 5.92 Å². The Morgan fingerprint density at radius 1 is 1.35 bits per heavy atom. The number of allylic oxidation sites excluding steroid dienone is 2. The molecule has 1 aromatic rings. The number of carbonyl (C=O) groups is 1. The van der Waals surface area contributed by atoms with Gasteiger partial charge < -0.3 is 9.84 Å². The Hall–Kier alpha value is -2.47. The molecule has 0 saturated carbocycles. The van der Waals surface area contributed by atoms with E-state index in [1.54, 1.807) is 6.92 Å². The molecule has 0 aliphatic carbocycles. The molecule has 1 N–H and O–H groups in total. The first-order valence-corrected chi connectivity index (χ1v) is 7.79. The van der Waals surface area contributed by atoms with Crippen LogP contribution in [0.4, 0.5) is 0 Å². The summed E-state index contributed by atoms with van der Waals surface area (Å²) in [6.07, 6.45) is 7.14. The molecule has 23 heavy (non-hydrogen) atoms. The van der Waals surface area contributed by atoms with E-state index in [1.807, 2.05) is 43.3 Å². The summed E-state index contributed by atoms with van der Waals surface area (Å²) >= 11 is 0. The molecular formula is C20H24O3. The van der Waals surface area contributed by atoms with Crippen LogP contribution in [0.25, 0.3) is 0 Å². The van der Waals surface area contributed by atoms with E-state index in [0.717, 1.165) is 23.3 Å². The molecule has 0 aliphatic heterocycles. The van der Waals surface area contributed by atoms with Crippen LogP contribution in [0.3, 0.4) is 0 Å². The second kappa shape index (κ2) is 10.3. The van der Waals surface area contributed by atoms with E-state index in [0.29, 0.717) is 6.61 Å². The van der Waals surface area contributed by atoms with E-state index in [4.69, 9.17) is 9.84 Å². The summed E-state index contributed by atoms with van der Waals surface area (Å²) in [5.41, 5.74) is 2.03.